The second-order valence-electron chi connectivity index (χ2n) is 7.35. The molecule has 30 heavy (non-hydrogen) atoms. The van der Waals surface area contributed by atoms with Crippen LogP contribution in [0.15, 0.2) is 45.7 Å². The molecule has 150 valence electrons. The lowest BCUT2D eigenvalue weighted by Gasteiger charge is -2.02. The molecule has 0 radical (unpaired) electrons. The summed E-state index contributed by atoms with van der Waals surface area (Å²) in [7, 11) is 0. The normalized spacial score (nSPS) is 14.0. The Morgan fingerprint density at radius 2 is 2.13 bits per heavy atom. The first-order chi connectivity index (χ1) is 14.6. The minimum Gasteiger partial charge on any atom is -0.351 e. The molecule has 0 fully saturated rings. The van der Waals surface area contributed by atoms with Gasteiger partial charge in [0.25, 0.3) is 5.89 Å². The summed E-state index contributed by atoms with van der Waals surface area (Å²) >= 11 is 0. The summed E-state index contributed by atoms with van der Waals surface area (Å²) in [6.07, 6.45) is 2.90. The van der Waals surface area contributed by atoms with Crippen molar-refractivity contribution >= 4 is 28.1 Å². The van der Waals surface area contributed by atoms with Crippen molar-refractivity contribution < 1.29 is 9.32 Å². The fourth-order valence-electron chi connectivity index (χ4n) is 3.61. The van der Waals surface area contributed by atoms with Crippen LogP contribution in [-0.2, 0) is 11.2 Å². The maximum atomic E-state index is 12.6. The standard InChI is InChI=1S/C21H19N7O2/c1-11-7-16(18(29)5-6-19-22-10-23-27-19)26-20(11)13-3-4-15-14(8-13)9-17(25-15)21-24-12(2)28-30-21/h3-4,8-10,25H,5-7H2,1-2H3,(H,22,23,27). The number of aliphatic imine (C=N–C) groups is 1. The van der Waals surface area contributed by atoms with E-state index in [4.69, 9.17) is 4.52 Å². The number of aryl methyl sites for hydroxylation is 2. The van der Waals surface area contributed by atoms with E-state index in [-0.39, 0.29) is 5.78 Å². The zero-order valence-electron chi connectivity index (χ0n) is 16.6. The van der Waals surface area contributed by atoms with Gasteiger partial charge >= 0.3 is 0 Å². The van der Waals surface area contributed by atoms with Gasteiger partial charge in [-0.3, -0.25) is 9.89 Å². The van der Waals surface area contributed by atoms with Crippen LogP contribution < -0.4 is 0 Å². The van der Waals surface area contributed by atoms with Crippen LogP contribution in [0.1, 0.15) is 37.0 Å². The number of Topliss-reactive ketones (excluding diaryl/α,β-unsaturated/α-hetero) is 1. The number of aromatic nitrogens is 6. The van der Waals surface area contributed by atoms with Gasteiger partial charge in [0.2, 0.25) is 0 Å². The predicted octanol–water partition coefficient (Wildman–Crippen LogP) is 3.42. The van der Waals surface area contributed by atoms with Gasteiger partial charge in [-0.2, -0.15) is 10.1 Å². The minimum absolute atomic E-state index is 0.0394. The molecule has 1 aromatic carbocycles. The van der Waals surface area contributed by atoms with Crippen molar-refractivity contribution in [2.45, 2.75) is 33.1 Å². The summed E-state index contributed by atoms with van der Waals surface area (Å²) in [5.41, 5.74) is 5.25. The number of allylic oxidation sites excluding steroid dienone is 1. The Balaban J connectivity index is 1.38. The lowest BCUT2D eigenvalue weighted by Crippen LogP contribution is -2.13. The number of hydrogen-bond donors (Lipinski definition) is 2. The minimum atomic E-state index is 0.0394. The van der Waals surface area contributed by atoms with Gasteiger partial charge in [-0.1, -0.05) is 11.2 Å². The average molecular weight is 401 g/mol. The van der Waals surface area contributed by atoms with Crippen LogP contribution in [0.4, 0.5) is 0 Å². The molecule has 0 saturated heterocycles. The van der Waals surface area contributed by atoms with Gasteiger partial charge in [-0.25, -0.2) is 9.98 Å². The molecule has 4 heterocycles. The third kappa shape index (κ3) is 3.34. The molecule has 0 bridgehead atoms. The highest BCUT2D eigenvalue weighted by Crippen LogP contribution is 2.32. The Bertz CT molecular complexity index is 1310. The van der Waals surface area contributed by atoms with Crippen LogP contribution >= 0.6 is 0 Å². The SMILES string of the molecule is CC1=C(c2ccc3[nH]c(-c4nc(C)no4)cc3c2)N=C(C(=O)CCc2ncn[nH]2)C1. The summed E-state index contributed by atoms with van der Waals surface area (Å²) < 4.78 is 5.25. The Morgan fingerprint density at radius 3 is 2.90 bits per heavy atom. The Labute approximate surface area is 171 Å². The monoisotopic (exact) mass is 401 g/mol. The first kappa shape index (κ1) is 18.2. The molecule has 0 amide bonds. The molecule has 0 unspecified atom stereocenters. The molecule has 4 aromatic rings. The molecular weight excluding hydrogens is 382 g/mol. The van der Waals surface area contributed by atoms with Gasteiger partial charge in [0, 0.05) is 35.7 Å². The lowest BCUT2D eigenvalue weighted by molar-refractivity contribution is -0.113. The Hall–Kier alpha value is -3.88. The van der Waals surface area contributed by atoms with Gasteiger partial charge in [0.05, 0.1) is 11.4 Å². The third-order valence-corrected chi connectivity index (χ3v) is 5.11. The Morgan fingerprint density at radius 1 is 1.23 bits per heavy atom. The number of nitrogens with zero attached hydrogens (tertiary/aromatic N) is 5. The van der Waals surface area contributed by atoms with Crippen LogP contribution in [0.25, 0.3) is 28.2 Å². The largest absolute Gasteiger partial charge is 0.351 e. The number of carbonyl (C=O) groups is 1. The van der Waals surface area contributed by atoms with Crippen LogP contribution in [0, 0.1) is 6.92 Å². The molecule has 0 saturated carbocycles. The molecule has 5 rings (SSSR count). The summed E-state index contributed by atoms with van der Waals surface area (Å²) in [6, 6.07) is 8.04. The summed E-state index contributed by atoms with van der Waals surface area (Å²) in [4.78, 5) is 28.9. The molecule has 3 aromatic heterocycles. The van der Waals surface area contributed by atoms with Gasteiger partial charge in [0.1, 0.15) is 17.8 Å². The number of H-pyrrole nitrogens is 2. The molecule has 9 heteroatoms. The van der Waals surface area contributed by atoms with Gasteiger partial charge in [-0.05, 0) is 37.6 Å². The van der Waals surface area contributed by atoms with Gasteiger partial charge in [0.15, 0.2) is 11.6 Å². The summed E-state index contributed by atoms with van der Waals surface area (Å²) in [6.45, 7) is 3.80. The molecule has 2 N–H and O–H groups in total. The highest BCUT2D eigenvalue weighted by Gasteiger charge is 2.22. The fraction of sp³-hybridized carbons (Fsp3) is 0.238. The lowest BCUT2D eigenvalue weighted by atomic mass is 10.0. The number of hydrogen-bond acceptors (Lipinski definition) is 7. The number of carbonyl (C=O) groups excluding carboxylic acids is 1. The zero-order valence-corrected chi connectivity index (χ0v) is 16.6. The molecule has 0 spiro atoms. The fourth-order valence-corrected chi connectivity index (χ4v) is 3.61. The van der Waals surface area contributed by atoms with E-state index in [1.54, 1.807) is 6.92 Å². The average Bonchev–Trinajstić information content (AvgIpc) is 3.51. The van der Waals surface area contributed by atoms with Crippen LogP contribution in [-0.4, -0.2) is 41.8 Å². The molecule has 1 aliphatic rings. The molecule has 9 nitrogen and oxygen atoms in total. The van der Waals surface area contributed by atoms with E-state index in [1.165, 1.54) is 6.33 Å². The van der Waals surface area contributed by atoms with Crippen molar-refractivity contribution in [2.75, 3.05) is 0 Å². The highest BCUT2D eigenvalue weighted by molar-refractivity contribution is 6.42. The predicted molar refractivity (Wildman–Crippen MR) is 111 cm³/mol. The van der Waals surface area contributed by atoms with E-state index in [2.05, 4.69) is 41.4 Å². The van der Waals surface area contributed by atoms with Crippen molar-refractivity contribution in [3.05, 3.63) is 53.4 Å². The third-order valence-electron chi connectivity index (χ3n) is 5.11. The van der Waals surface area contributed by atoms with Crippen molar-refractivity contribution in [3.8, 4) is 11.6 Å². The van der Waals surface area contributed by atoms with Crippen molar-refractivity contribution in [1.82, 2.24) is 30.3 Å². The van der Waals surface area contributed by atoms with E-state index < -0.39 is 0 Å². The Kier molecular flexibility index (Phi) is 4.35. The first-order valence-electron chi connectivity index (χ1n) is 9.65. The summed E-state index contributed by atoms with van der Waals surface area (Å²) in [5.74, 6) is 1.79. The summed E-state index contributed by atoms with van der Waals surface area (Å²) in [5, 5.41) is 11.4. The maximum Gasteiger partial charge on any atom is 0.274 e. The molecule has 1 aliphatic heterocycles. The van der Waals surface area contributed by atoms with Crippen LogP contribution in [0.2, 0.25) is 0 Å². The van der Waals surface area contributed by atoms with Gasteiger partial charge in [-0.15, -0.1) is 0 Å². The number of benzene rings is 1. The number of rotatable bonds is 6. The highest BCUT2D eigenvalue weighted by atomic mass is 16.5. The number of ketones is 1. The maximum absolute atomic E-state index is 12.6. The van der Waals surface area contributed by atoms with E-state index >= 15 is 0 Å². The topological polar surface area (TPSA) is 126 Å². The first-order valence-corrected chi connectivity index (χ1v) is 9.65. The second kappa shape index (κ2) is 7.18. The van der Waals surface area contributed by atoms with Gasteiger partial charge < -0.3 is 9.51 Å². The van der Waals surface area contributed by atoms with E-state index in [0.717, 1.165) is 33.4 Å². The zero-order chi connectivity index (χ0) is 20.7. The molecular formula is C21H19N7O2. The van der Waals surface area contributed by atoms with E-state index in [1.807, 2.05) is 25.1 Å². The van der Waals surface area contributed by atoms with Crippen LogP contribution in [0.5, 0.6) is 0 Å². The molecule has 0 atom stereocenters. The quantitative estimate of drug-likeness (QED) is 0.510. The smallest absolute Gasteiger partial charge is 0.274 e. The second-order valence-corrected chi connectivity index (χ2v) is 7.35. The number of nitrogens with one attached hydrogen (secondary N) is 2. The van der Waals surface area contributed by atoms with Crippen molar-refractivity contribution in [3.63, 3.8) is 0 Å². The van der Waals surface area contributed by atoms with Crippen molar-refractivity contribution in [1.29, 1.82) is 0 Å². The van der Waals surface area contributed by atoms with E-state index in [9.17, 15) is 4.79 Å². The van der Waals surface area contributed by atoms with Crippen molar-refractivity contribution in [2.24, 2.45) is 4.99 Å². The number of aromatic amines is 2. The number of fused-ring (bicyclic) bond motifs is 1. The van der Waals surface area contributed by atoms with E-state index in [0.29, 0.717) is 42.5 Å². The van der Waals surface area contributed by atoms with Crippen LogP contribution in [0.3, 0.4) is 0 Å². The molecule has 0 aliphatic carbocycles.